The summed E-state index contributed by atoms with van der Waals surface area (Å²) in [5.41, 5.74) is 3.96. The molecule has 0 aliphatic carbocycles. The Morgan fingerprint density at radius 3 is 2.24 bits per heavy atom. The molecule has 1 saturated heterocycles. The van der Waals surface area contributed by atoms with E-state index < -0.39 is 34.4 Å². The Labute approximate surface area is 194 Å². The van der Waals surface area contributed by atoms with Crippen molar-refractivity contribution in [2.45, 2.75) is 65.3 Å². The Balaban J connectivity index is 1.78. The molecular weight excluding hydrogens is 444 g/mol. The molecule has 1 atom stereocenters. The molecule has 9 heteroatoms. The van der Waals surface area contributed by atoms with Gasteiger partial charge in [-0.3, -0.25) is 14.4 Å². The molecule has 1 aromatic heterocycles. The number of aryl methyl sites for hydroxylation is 4. The highest BCUT2D eigenvalue weighted by atomic mass is 32.2. The van der Waals surface area contributed by atoms with Crippen LogP contribution in [0.5, 0.6) is 0 Å². The summed E-state index contributed by atoms with van der Waals surface area (Å²) < 4.78 is 33.3. The van der Waals surface area contributed by atoms with Gasteiger partial charge in [-0.15, -0.1) is 0 Å². The fourth-order valence-corrected chi connectivity index (χ4v) is 6.88. The van der Waals surface area contributed by atoms with Gasteiger partial charge >= 0.3 is 5.97 Å². The second-order valence-electron chi connectivity index (χ2n) is 8.71. The Kier molecular flexibility index (Phi) is 6.95. The highest BCUT2D eigenvalue weighted by Gasteiger charge is 2.41. The molecule has 178 valence electrons. The molecule has 1 fully saturated rings. The van der Waals surface area contributed by atoms with Crippen molar-refractivity contribution in [3.63, 3.8) is 0 Å². The molecule has 1 unspecified atom stereocenters. The lowest BCUT2D eigenvalue weighted by molar-refractivity contribution is -0.146. The number of hydrogen-bond acceptors (Lipinski definition) is 6. The van der Waals surface area contributed by atoms with Crippen molar-refractivity contribution >= 4 is 27.6 Å². The molecule has 2 aromatic rings. The number of benzene rings is 1. The molecule has 0 amide bonds. The van der Waals surface area contributed by atoms with Crippen molar-refractivity contribution in [2.24, 2.45) is 0 Å². The van der Waals surface area contributed by atoms with E-state index in [1.165, 1.54) is 11.2 Å². The average molecular weight is 475 g/mol. The summed E-state index contributed by atoms with van der Waals surface area (Å²) in [6, 6.07) is 2.62. The van der Waals surface area contributed by atoms with E-state index >= 15 is 0 Å². The molecule has 1 N–H and O–H groups in total. The molecule has 1 aliphatic heterocycles. The van der Waals surface area contributed by atoms with Crippen molar-refractivity contribution in [3.05, 3.63) is 51.3 Å². The van der Waals surface area contributed by atoms with E-state index in [4.69, 9.17) is 4.74 Å². The maximum atomic E-state index is 13.4. The Hall–Kier alpha value is -2.78. The zero-order chi connectivity index (χ0) is 24.7. The lowest BCUT2D eigenvalue weighted by atomic mass is 10.1. The highest BCUT2D eigenvalue weighted by Crippen LogP contribution is 2.31. The van der Waals surface area contributed by atoms with Gasteiger partial charge < -0.3 is 9.72 Å². The van der Waals surface area contributed by atoms with Crippen LogP contribution in [0.2, 0.25) is 0 Å². The second kappa shape index (κ2) is 9.23. The summed E-state index contributed by atoms with van der Waals surface area (Å²) in [4.78, 5) is 40.4. The van der Waals surface area contributed by atoms with Gasteiger partial charge in [0.1, 0.15) is 6.04 Å². The zero-order valence-corrected chi connectivity index (χ0v) is 20.7. The molecule has 33 heavy (non-hydrogen) atoms. The number of sulfonamides is 1. The van der Waals surface area contributed by atoms with Crippen LogP contribution in [0.15, 0.2) is 17.0 Å². The normalized spacial score (nSPS) is 16.7. The minimum absolute atomic E-state index is 0.161. The van der Waals surface area contributed by atoms with Gasteiger partial charge in [-0.05, 0) is 71.1 Å². The first-order valence-corrected chi connectivity index (χ1v) is 12.3. The van der Waals surface area contributed by atoms with Gasteiger partial charge in [0, 0.05) is 17.8 Å². The van der Waals surface area contributed by atoms with Crippen LogP contribution >= 0.6 is 0 Å². The minimum Gasteiger partial charge on any atom is -0.456 e. The number of carbonyl (C=O) groups is 3. The Morgan fingerprint density at radius 2 is 1.70 bits per heavy atom. The minimum atomic E-state index is -3.92. The van der Waals surface area contributed by atoms with Crippen LogP contribution in [0, 0.1) is 34.6 Å². The SMILES string of the molecule is CC(=O)c1c(C)[nH]c(C(=O)COC(=O)C2CCCN2S(=O)(=O)c2c(C)cc(C)cc2C)c1C. The second-order valence-corrected chi connectivity index (χ2v) is 10.5. The first kappa shape index (κ1) is 24.9. The standard InChI is InChI=1S/C24H30N2O6S/c1-13-10-14(2)23(15(3)11-13)33(30,31)26-9-7-8-19(26)24(29)32-12-20(28)22-16(4)21(18(6)27)17(5)25-22/h10-11,19,25H,7-9,12H2,1-6H3. The van der Waals surface area contributed by atoms with Crippen LogP contribution in [-0.4, -0.2) is 54.4 Å². The van der Waals surface area contributed by atoms with Crippen molar-refractivity contribution in [3.8, 4) is 0 Å². The van der Waals surface area contributed by atoms with E-state index in [1.54, 1.807) is 39.8 Å². The molecular formula is C24H30N2O6S. The molecule has 1 aliphatic rings. The number of ketones is 2. The van der Waals surface area contributed by atoms with Gasteiger partial charge in [-0.2, -0.15) is 4.31 Å². The number of aromatic amines is 1. The Morgan fingerprint density at radius 1 is 1.09 bits per heavy atom. The van der Waals surface area contributed by atoms with Crippen molar-refractivity contribution in [1.29, 1.82) is 0 Å². The lowest BCUT2D eigenvalue weighted by Gasteiger charge is -2.24. The number of Topliss-reactive ketones (excluding diaryl/α,β-unsaturated/α-hetero) is 2. The number of nitrogens with zero attached hydrogens (tertiary/aromatic N) is 1. The third-order valence-corrected chi connectivity index (χ3v) is 8.28. The third-order valence-electron chi connectivity index (χ3n) is 6.06. The van der Waals surface area contributed by atoms with Crippen LogP contribution in [0.1, 0.15) is 68.6 Å². The fraction of sp³-hybridized carbons (Fsp3) is 0.458. The number of nitrogens with one attached hydrogen (secondary N) is 1. The van der Waals surface area contributed by atoms with E-state index in [9.17, 15) is 22.8 Å². The maximum Gasteiger partial charge on any atom is 0.324 e. The number of aromatic nitrogens is 1. The van der Waals surface area contributed by atoms with E-state index in [-0.39, 0.29) is 22.9 Å². The zero-order valence-electron chi connectivity index (χ0n) is 19.9. The van der Waals surface area contributed by atoms with E-state index in [2.05, 4.69) is 4.98 Å². The molecule has 0 bridgehead atoms. The number of rotatable bonds is 7. The quantitative estimate of drug-likeness (QED) is 0.486. The van der Waals surface area contributed by atoms with Crippen LogP contribution in [-0.2, 0) is 19.6 Å². The smallest absolute Gasteiger partial charge is 0.324 e. The van der Waals surface area contributed by atoms with Gasteiger partial charge in [0.15, 0.2) is 12.4 Å². The molecule has 2 heterocycles. The number of ether oxygens (including phenoxy) is 1. The van der Waals surface area contributed by atoms with Crippen molar-refractivity contribution < 1.29 is 27.5 Å². The summed E-state index contributed by atoms with van der Waals surface area (Å²) in [5.74, 6) is -1.39. The first-order chi connectivity index (χ1) is 15.4. The van der Waals surface area contributed by atoms with Gasteiger partial charge in [0.05, 0.1) is 10.6 Å². The number of hydrogen-bond donors (Lipinski definition) is 1. The summed E-state index contributed by atoms with van der Waals surface area (Å²) in [6.45, 7) is 9.83. The first-order valence-electron chi connectivity index (χ1n) is 10.9. The van der Waals surface area contributed by atoms with Gasteiger partial charge in [0.2, 0.25) is 15.8 Å². The highest BCUT2D eigenvalue weighted by molar-refractivity contribution is 7.89. The van der Waals surface area contributed by atoms with E-state index in [1.807, 2.05) is 6.92 Å². The lowest BCUT2D eigenvalue weighted by Crippen LogP contribution is -2.42. The number of carbonyl (C=O) groups excluding carboxylic acids is 3. The van der Waals surface area contributed by atoms with Gasteiger partial charge in [-0.1, -0.05) is 17.7 Å². The third kappa shape index (κ3) is 4.65. The fourth-order valence-electron chi connectivity index (χ4n) is 4.82. The van der Waals surface area contributed by atoms with Gasteiger partial charge in [-0.25, -0.2) is 8.42 Å². The van der Waals surface area contributed by atoms with E-state index in [0.717, 1.165) is 5.56 Å². The molecule has 3 rings (SSSR count). The molecule has 0 saturated carbocycles. The topological polar surface area (TPSA) is 114 Å². The van der Waals surface area contributed by atoms with Crippen LogP contribution in [0.3, 0.4) is 0 Å². The van der Waals surface area contributed by atoms with Crippen molar-refractivity contribution in [1.82, 2.24) is 9.29 Å². The van der Waals surface area contributed by atoms with Crippen LogP contribution in [0.25, 0.3) is 0 Å². The predicted octanol–water partition coefficient (Wildman–Crippen LogP) is 3.34. The average Bonchev–Trinajstić information content (AvgIpc) is 3.30. The number of esters is 1. The maximum absolute atomic E-state index is 13.4. The molecule has 0 spiro atoms. The van der Waals surface area contributed by atoms with Crippen LogP contribution in [0.4, 0.5) is 0 Å². The largest absolute Gasteiger partial charge is 0.456 e. The molecule has 0 radical (unpaired) electrons. The van der Waals surface area contributed by atoms with E-state index in [0.29, 0.717) is 40.8 Å². The summed E-state index contributed by atoms with van der Waals surface area (Å²) in [6.07, 6.45) is 0.846. The monoisotopic (exact) mass is 474 g/mol. The summed E-state index contributed by atoms with van der Waals surface area (Å²) >= 11 is 0. The predicted molar refractivity (Wildman–Crippen MR) is 123 cm³/mol. The molecule has 1 aromatic carbocycles. The number of H-pyrrole nitrogens is 1. The van der Waals surface area contributed by atoms with Gasteiger partial charge in [0.25, 0.3) is 0 Å². The summed E-state index contributed by atoms with van der Waals surface area (Å²) in [5, 5.41) is 0. The Bertz CT molecular complexity index is 1220. The van der Waals surface area contributed by atoms with Crippen LogP contribution < -0.4 is 0 Å². The van der Waals surface area contributed by atoms with Crippen molar-refractivity contribution in [2.75, 3.05) is 13.2 Å². The molecule has 8 nitrogen and oxygen atoms in total. The summed E-state index contributed by atoms with van der Waals surface area (Å²) in [7, 11) is -3.92.